The van der Waals surface area contributed by atoms with Crippen LogP contribution in [-0.2, 0) is 4.79 Å². The molecule has 0 aromatic heterocycles. The summed E-state index contributed by atoms with van der Waals surface area (Å²) in [6.45, 7) is 1.94. The maximum Gasteiger partial charge on any atom is 0.222 e. The van der Waals surface area contributed by atoms with Crippen LogP contribution in [0.3, 0.4) is 0 Å². The molecule has 1 heterocycles. The first-order valence-corrected chi connectivity index (χ1v) is 4.12. The van der Waals surface area contributed by atoms with E-state index in [0.717, 1.165) is 25.9 Å². The van der Waals surface area contributed by atoms with Crippen molar-refractivity contribution in [1.82, 2.24) is 10.2 Å². The average Bonchev–Trinajstić information content (AvgIpc) is 1.98. The van der Waals surface area contributed by atoms with Crippen LogP contribution in [0, 0.1) is 5.92 Å². The Kier molecular flexibility index (Phi) is 2.88. The van der Waals surface area contributed by atoms with Crippen LogP contribution in [0.1, 0.15) is 12.8 Å². The van der Waals surface area contributed by atoms with Gasteiger partial charge in [0.1, 0.15) is 0 Å². The Hall–Kier alpha value is -0.570. The van der Waals surface area contributed by atoms with Crippen molar-refractivity contribution in [3.8, 4) is 0 Å². The number of piperidine rings is 1. The van der Waals surface area contributed by atoms with E-state index in [-0.39, 0.29) is 5.91 Å². The molecule has 11 heavy (non-hydrogen) atoms. The number of rotatable bonds is 2. The fourth-order valence-corrected chi connectivity index (χ4v) is 1.55. The predicted octanol–water partition coefficient (Wildman–Crippen LogP) is 0.0742. The van der Waals surface area contributed by atoms with Crippen LogP contribution in [0.25, 0.3) is 0 Å². The Morgan fingerprint density at radius 3 is 3.00 bits per heavy atom. The van der Waals surface area contributed by atoms with E-state index < -0.39 is 0 Å². The molecular formula is C8H16N2O. The molecule has 1 unspecified atom stereocenters. The minimum absolute atomic E-state index is 0.289. The van der Waals surface area contributed by atoms with Gasteiger partial charge in [-0.3, -0.25) is 4.79 Å². The number of amides is 1. The zero-order chi connectivity index (χ0) is 8.27. The van der Waals surface area contributed by atoms with Gasteiger partial charge < -0.3 is 10.2 Å². The SMILES string of the molecule is CNCC1CCC(=O)N(C)C1. The second kappa shape index (κ2) is 3.72. The van der Waals surface area contributed by atoms with Crippen molar-refractivity contribution < 1.29 is 4.79 Å². The van der Waals surface area contributed by atoms with Gasteiger partial charge in [0.25, 0.3) is 0 Å². The van der Waals surface area contributed by atoms with Crippen molar-refractivity contribution >= 4 is 5.91 Å². The Morgan fingerprint density at radius 1 is 1.73 bits per heavy atom. The second-order valence-corrected chi connectivity index (χ2v) is 3.24. The lowest BCUT2D eigenvalue weighted by Crippen LogP contribution is -2.40. The number of carbonyl (C=O) groups is 1. The minimum atomic E-state index is 0.289. The highest BCUT2D eigenvalue weighted by Gasteiger charge is 2.21. The molecule has 1 atom stereocenters. The van der Waals surface area contributed by atoms with Crippen molar-refractivity contribution in [1.29, 1.82) is 0 Å². The molecule has 0 aromatic rings. The van der Waals surface area contributed by atoms with Gasteiger partial charge in [-0.1, -0.05) is 0 Å². The highest BCUT2D eigenvalue weighted by atomic mass is 16.2. The predicted molar refractivity (Wildman–Crippen MR) is 44.3 cm³/mol. The van der Waals surface area contributed by atoms with Gasteiger partial charge in [0, 0.05) is 20.0 Å². The van der Waals surface area contributed by atoms with E-state index in [9.17, 15) is 4.79 Å². The number of likely N-dealkylation sites (tertiary alicyclic amines) is 1. The fourth-order valence-electron chi connectivity index (χ4n) is 1.55. The minimum Gasteiger partial charge on any atom is -0.345 e. The average molecular weight is 156 g/mol. The van der Waals surface area contributed by atoms with Gasteiger partial charge in [0.2, 0.25) is 5.91 Å². The molecule has 1 fully saturated rings. The highest BCUT2D eigenvalue weighted by molar-refractivity contribution is 5.76. The van der Waals surface area contributed by atoms with Gasteiger partial charge in [0.05, 0.1) is 0 Å². The summed E-state index contributed by atoms with van der Waals surface area (Å²) in [6, 6.07) is 0. The van der Waals surface area contributed by atoms with E-state index in [1.54, 1.807) is 0 Å². The number of nitrogens with zero attached hydrogens (tertiary/aromatic N) is 1. The number of carbonyl (C=O) groups excluding carboxylic acids is 1. The first kappa shape index (κ1) is 8.53. The molecule has 1 aliphatic rings. The lowest BCUT2D eigenvalue weighted by molar-refractivity contribution is -0.133. The van der Waals surface area contributed by atoms with Crippen LogP contribution >= 0.6 is 0 Å². The molecule has 1 aliphatic heterocycles. The van der Waals surface area contributed by atoms with Crippen molar-refractivity contribution in [2.24, 2.45) is 5.92 Å². The molecule has 0 bridgehead atoms. The molecule has 1 saturated heterocycles. The van der Waals surface area contributed by atoms with Gasteiger partial charge >= 0.3 is 0 Å². The molecule has 3 heteroatoms. The van der Waals surface area contributed by atoms with Crippen LogP contribution < -0.4 is 5.32 Å². The third kappa shape index (κ3) is 2.19. The molecule has 3 nitrogen and oxygen atoms in total. The monoisotopic (exact) mass is 156 g/mol. The van der Waals surface area contributed by atoms with Crippen LogP contribution in [0.15, 0.2) is 0 Å². The van der Waals surface area contributed by atoms with Crippen molar-refractivity contribution in [3.63, 3.8) is 0 Å². The first-order chi connectivity index (χ1) is 5.24. The Morgan fingerprint density at radius 2 is 2.45 bits per heavy atom. The summed E-state index contributed by atoms with van der Waals surface area (Å²) in [5.41, 5.74) is 0. The number of nitrogens with one attached hydrogen (secondary N) is 1. The van der Waals surface area contributed by atoms with E-state index in [4.69, 9.17) is 0 Å². The van der Waals surface area contributed by atoms with Crippen molar-refractivity contribution in [2.75, 3.05) is 27.2 Å². The van der Waals surface area contributed by atoms with Gasteiger partial charge in [-0.2, -0.15) is 0 Å². The van der Waals surface area contributed by atoms with Crippen LogP contribution in [0.2, 0.25) is 0 Å². The topological polar surface area (TPSA) is 32.3 Å². The molecular weight excluding hydrogens is 140 g/mol. The maximum atomic E-state index is 11.0. The largest absolute Gasteiger partial charge is 0.345 e. The summed E-state index contributed by atoms with van der Waals surface area (Å²) in [5, 5.41) is 3.13. The summed E-state index contributed by atoms with van der Waals surface area (Å²) >= 11 is 0. The fraction of sp³-hybridized carbons (Fsp3) is 0.875. The third-order valence-corrected chi connectivity index (χ3v) is 2.22. The molecule has 0 spiro atoms. The van der Waals surface area contributed by atoms with E-state index in [1.807, 2.05) is 19.0 Å². The molecule has 0 radical (unpaired) electrons. The first-order valence-electron chi connectivity index (χ1n) is 4.12. The summed E-state index contributed by atoms with van der Waals surface area (Å²) in [4.78, 5) is 12.9. The molecule has 1 rings (SSSR count). The highest BCUT2D eigenvalue weighted by Crippen LogP contribution is 2.14. The normalized spacial score (nSPS) is 25.8. The van der Waals surface area contributed by atoms with E-state index >= 15 is 0 Å². The van der Waals surface area contributed by atoms with E-state index in [1.165, 1.54) is 0 Å². The number of hydrogen-bond donors (Lipinski definition) is 1. The van der Waals surface area contributed by atoms with Crippen LogP contribution in [0.4, 0.5) is 0 Å². The quantitative estimate of drug-likeness (QED) is 0.614. The van der Waals surface area contributed by atoms with Crippen LogP contribution in [0.5, 0.6) is 0 Å². The van der Waals surface area contributed by atoms with Gasteiger partial charge in [-0.25, -0.2) is 0 Å². The maximum absolute atomic E-state index is 11.0. The Balaban J connectivity index is 2.33. The smallest absolute Gasteiger partial charge is 0.222 e. The molecule has 1 amide bonds. The lowest BCUT2D eigenvalue weighted by atomic mass is 9.98. The van der Waals surface area contributed by atoms with E-state index in [2.05, 4.69) is 5.32 Å². The molecule has 1 N–H and O–H groups in total. The second-order valence-electron chi connectivity index (χ2n) is 3.24. The molecule has 0 saturated carbocycles. The lowest BCUT2D eigenvalue weighted by Gasteiger charge is -2.29. The zero-order valence-electron chi connectivity index (χ0n) is 7.26. The van der Waals surface area contributed by atoms with Gasteiger partial charge in [-0.05, 0) is 25.9 Å². The summed E-state index contributed by atoms with van der Waals surface area (Å²) in [6.07, 6.45) is 1.77. The van der Waals surface area contributed by atoms with Crippen molar-refractivity contribution in [3.05, 3.63) is 0 Å². The van der Waals surface area contributed by atoms with Gasteiger partial charge in [0.15, 0.2) is 0 Å². The van der Waals surface area contributed by atoms with Crippen molar-refractivity contribution in [2.45, 2.75) is 12.8 Å². The van der Waals surface area contributed by atoms with Crippen LogP contribution in [-0.4, -0.2) is 38.0 Å². The molecule has 64 valence electrons. The standard InChI is InChI=1S/C8H16N2O/c1-9-5-7-3-4-8(11)10(2)6-7/h7,9H,3-6H2,1-2H3. The Bertz CT molecular complexity index is 147. The third-order valence-electron chi connectivity index (χ3n) is 2.22. The summed E-state index contributed by atoms with van der Waals surface area (Å²) in [5.74, 6) is 0.944. The summed E-state index contributed by atoms with van der Waals surface area (Å²) in [7, 11) is 3.83. The van der Waals surface area contributed by atoms with E-state index in [0.29, 0.717) is 5.92 Å². The zero-order valence-corrected chi connectivity index (χ0v) is 7.26. The molecule has 0 aromatic carbocycles. The Labute approximate surface area is 67.8 Å². The molecule has 0 aliphatic carbocycles. The van der Waals surface area contributed by atoms with Gasteiger partial charge in [-0.15, -0.1) is 0 Å². The summed E-state index contributed by atoms with van der Waals surface area (Å²) < 4.78 is 0. The number of hydrogen-bond acceptors (Lipinski definition) is 2.